The maximum atomic E-state index is 5.05. The molecule has 114 valence electrons. The van der Waals surface area contributed by atoms with Gasteiger partial charge in [-0.2, -0.15) is 0 Å². The van der Waals surface area contributed by atoms with Crippen LogP contribution in [0.5, 0.6) is 0 Å². The third kappa shape index (κ3) is 9.08. The molecule has 0 bridgehead atoms. The SMILES string of the molecule is CCCCCCCC[Si](C)(C)N=C(N(C)C)N(C)C. The lowest BCUT2D eigenvalue weighted by atomic mass is 10.1. The molecular weight excluding hydrogens is 250 g/mol. The first-order valence-corrected chi connectivity index (χ1v) is 10.9. The minimum absolute atomic E-state index is 1.11. The molecule has 0 rings (SSSR count). The maximum Gasteiger partial charge on any atom is 0.186 e. The molecule has 0 unspecified atom stereocenters. The van der Waals surface area contributed by atoms with Crippen molar-refractivity contribution in [2.24, 2.45) is 4.66 Å². The molecule has 0 saturated carbocycles. The molecule has 0 saturated heterocycles. The van der Waals surface area contributed by atoms with Crippen LogP contribution in [0.2, 0.25) is 19.1 Å². The molecule has 0 fully saturated rings. The summed E-state index contributed by atoms with van der Waals surface area (Å²) in [5, 5.41) is 0. The highest BCUT2D eigenvalue weighted by Gasteiger charge is 2.21. The Morgan fingerprint density at radius 2 is 1.32 bits per heavy atom. The molecule has 0 radical (unpaired) electrons. The Bertz CT molecular complexity index is 250. The van der Waals surface area contributed by atoms with Crippen LogP contribution in [0.15, 0.2) is 4.66 Å². The number of guanidine groups is 1. The van der Waals surface area contributed by atoms with Gasteiger partial charge in [-0.05, 0) is 19.1 Å². The average Bonchev–Trinajstić information content (AvgIpc) is 2.30. The van der Waals surface area contributed by atoms with E-state index in [1.54, 1.807) is 0 Å². The molecule has 0 aromatic heterocycles. The monoisotopic (exact) mass is 285 g/mol. The molecule has 0 aliphatic carbocycles. The number of rotatable bonds is 8. The first-order chi connectivity index (χ1) is 8.80. The van der Waals surface area contributed by atoms with Crippen molar-refractivity contribution in [1.82, 2.24) is 9.80 Å². The van der Waals surface area contributed by atoms with Gasteiger partial charge < -0.3 is 9.80 Å². The zero-order valence-electron chi connectivity index (χ0n) is 14.3. The molecule has 0 atom stereocenters. The van der Waals surface area contributed by atoms with E-state index < -0.39 is 8.24 Å². The number of nitrogens with zero attached hydrogens (tertiary/aromatic N) is 3. The second-order valence-corrected chi connectivity index (χ2v) is 10.9. The number of hydrogen-bond acceptors (Lipinski definition) is 1. The quantitative estimate of drug-likeness (QED) is 0.290. The zero-order valence-corrected chi connectivity index (χ0v) is 15.3. The lowest BCUT2D eigenvalue weighted by Gasteiger charge is -2.27. The first-order valence-electron chi connectivity index (χ1n) is 7.74. The largest absolute Gasteiger partial charge is 0.350 e. The molecule has 0 amide bonds. The van der Waals surface area contributed by atoms with Crippen molar-refractivity contribution in [3.8, 4) is 0 Å². The normalized spacial score (nSPS) is 11.3. The molecule has 0 aromatic rings. The predicted octanol–water partition coefficient (Wildman–Crippen LogP) is 4.03. The van der Waals surface area contributed by atoms with Crippen molar-refractivity contribution in [1.29, 1.82) is 0 Å². The summed E-state index contributed by atoms with van der Waals surface area (Å²) in [6.07, 6.45) is 8.26. The second kappa shape index (κ2) is 9.40. The van der Waals surface area contributed by atoms with Crippen LogP contribution in [0.3, 0.4) is 0 Å². The molecule has 0 aliphatic rings. The summed E-state index contributed by atoms with van der Waals surface area (Å²) in [5.74, 6) is 1.11. The van der Waals surface area contributed by atoms with Gasteiger partial charge in [-0.1, -0.05) is 45.4 Å². The van der Waals surface area contributed by atoms with E-state index in [9.17, 15) is 0 Å². The van der Waals surface area contributed by atoms with Gasteiger partial charge in [0.2, 0.25) is 0 Å². The van der Waals surface area contributed by atoms with Gasteiger partial charge in [-0.3, -0.25) is 4.66 Å². The van der Waals surface area contributed by atoms with Gasteiger partial charge in [0.1, 0.15) is 0 Å². The fraction of sp³-hybridized carbons (Fsp3) is 0.933. The van der Waals surface area contributed by atoms with Crippen LogP contribution in [0.25, 0.3) is 0 Å². The van der Waals surface area contributed by atoms with Crippen LogP contribution in [0.1, 0.15) is 45.4 Å². The van der Waals surface area contributed by atoms with Crippen molar-refractivity contribution in [3.63, 3.8) is 0 Å². The molecule has 19 heavy (non-hydrogen) atoms. The van der Waals surface area contributed by atoms with E-state index in [1.165, 1.54) is 44.6 Å². The molecule has 0 N–H and O–H groups in total. The third-order valence-corrected chi connectivity index (χ3v) is 5.73. The lowest BCUT2D eigenvalue weighted by molar-refractivity contribution is 0.485. The average molecular weight is 286 g/mol. The summed E-state index contributed by atoms with van der Waals surface area (Å²) in [4.78, 5) is 4.24. The van der Waals surface area contributed by atoms with Crippen LogP contribution < -0.4 is 0 Å². The smallest absolute Gasteiger partial charge is 0.186 e. The van der Waals surface area contributed by atoms with Crippen LogP contribution in [-0.4, -0.2) is 52.2 Å². The number of hydrogen-bond donors (Lipinski definition) is 0. The molecule has 0 aliphatic heterocycles. The van der Waals surface area contributed by atoms with E-state index in [0.29, 0.717) is 0 Å². The molecule has 0 aromatic carbocycles. The standard InChI is InChI=1S/C15H35N3Si/c1-8-9-10-11-12-13-14-19(6,7)16-15(17(2)3)18(4)5/h8-14H2,1-7H3. The minimum Gasteiger partial charge on any atom is -0.350 e. The maximum absolute atomic E-state index is 5.05. The summed E-state index contributed by atoms with van der Waals surface area (Å²) in [6, 6.07) is 1.31. The van der Waals surface area contributed by atoms with Crippen molar-refractivity contribution in [2.75, 3.05) is 28.2 Å². The summed E-state index contributed by atoms with van der Waals surface area (Å²) in [5.41, 5.74) is 0. The summed E-state index contributed by atoms with van der Waals surface area (Å²) in [7, 11) is 6.85. The van der Waals surface area contributed by atoms with E-state index >= 15 is 0 Å². The third-order valence-electron chi connectivity index (χ3n) is 3.34. The summed E-state index contributed by atoms with van der Waals surface area (Å²) >= 11 is 0. The van der Waals surface area contributed by atoms with E-state index in [1.807, 2.05) is 0 Å². The topological polar surface area (TPSA) is 18.8 Å². The van der Waals surface area contributed by atoms with Crippen molar-refractivity contribution >= 4 is 14.2 Å². The van der Waals surface area contributed by atoms with Gasteiger partial charge in [0.25, 0.3) is 0 Å². The van der Waals surface area contributed by atoms with Crippen LogP contribution in [0.4, 0.5) is 0 Å². The van der Waals surface area contributed by atoms with Crippen molar-refractivity contribution in [3.05, 3.63) is 0 Å². The van der Waals surface area contributed by atoms with Crippen LogP contribution >= 0.6 is 0 Å². The predicted molar refractivity (Wildman–Crippen MR) is 90.5 cm³/mol. The van der Waals surface area contributed by atoms with Crippen molar-refractivity contribution in [2.45, 2.75) is 64.6 Å². The van der Waals surface area contributed by atoms with Gasteiger partial charge >= 0.3 is 0 Å². The Balaban J connectivity index is 4.18. The van der Waals surface area contributed by atoms with E-state index in [0.717, 1.165) is 5.96 Å². The first kappa shape index (κ1) is 18.5. The van der Waals surface area contributed by atoms with Gasteiger partial charge in [0.05, 0.1) is 0 Å². The fourth-order valence-electron chi connectivity index (χ4n) is 2.26. The molecular formula is C15H35N3Si. The fourth-order valence-corrected chi connectivity index (χ4v) is 4.43. The van der Waals surface area contributed by atoms with Gasteiger partial charge in [-0.25, -0.2) is 0 Å². The molecule has 0 heterocycles. The minimum atomic E-state index is -1.46. The Hall–Kier alpha value is -0.513. The van der Waals surface area contributed by atoms with E-state index in [4.69, 9.17) is 4.66 Å². The van der Waals surface area contributed by atoms with E-state index in [-0.39, 0.29) is 0 Å². The zero-order chi connectivity index (χ0) is 14.9. The van der Waals surface area contributed by atoms with E-state index in [2.05, 4.69) is 58.0 Å². The highest BCUT2D eigenvalue weighted by molar-refractivity contribution is 6.76. The summed E-state index contributed by atoms with van der Waals surface area (Å²) < 4.78 is 5.05. The molecule has 0 spiro atoms. The Morgan fingerprint density at radius 3 is 1.79 bits per heavy atom. The second-order valence-electron chi connectivity index (χ2n) is 6.53. The summed E-state index contributed by atoms with van der Waals surface area (Å²) in [6.45, 7) is 7.03. The van der Waals surface area contributed by atoms with Crippen LogP contribution in [-0.2, 0) is 0 Å². The lowest BCUT2D eigenvalue weighted by Crippen LogP contribution is -2.39. The molecule has 3 nitrogen and oxygen atoms in total. The van der Waals surface area contributed by atoms with Crippen LogP contribution in [0, 0.1) is 0 Å². The van der Waals surface area contributed by atoms with Gasteiger partial charge in [-0.15, -0.1) is 0 Å². The molecule has 4 heteroatoms. The van der Waals surface area contributed by atoms with Gasteiger partial charge in [0, 0.05) is 28.2 Å². The Labute approximate surface area is 122 Å². The van der Waals surface area contributed by atoms with Gasteiger partial charge in [0.15, 0.2) is 14.2 Å². The highest BCUT2D eigenvalue weighted by atomic mass is 28.3. The van der Waals surface area contributed by atoms with Crippen molar-refractivity contribution < 1.29 is 0 Å². The Morgan fingerprint density at radius 1 is 0.842 bits per heavy atom. The highest BCUT2D eigenvalue weighted by Crippen LogP contribution is 2.18. The number of unbranched alkanes of at least 4 members (excludes halogenated alkanes) is 5. The Kier molecular flexibility index (Phi) is 9.15.